The van der Waals surface area contributed by atoms with E-state index in [2.05, 4.69) is 18.4 Å². The zero-order valence-electron chi connectivity index (χ0n) is 9.78. The molecule has 1 aromatic rings. The molecular formula is C13H18ClNO. The molecule has 0 saturated carbocycles. The highest BCUT2D eigenvalue weighted by Crippen LogP contribution is 2.28. The summed E-state index contributed by atoms with van der Waals surface area (Å²) in [5.41, 5.74) is 1.82. The molecule has 0 fully saturated rings. The van der Waals surface area contributed by atoms with Crippen LogP contribution in [0.25, 0.3) is 0 Å². The third kappa shape index (κ3) is 3.00. The van der Waals surface area contributed by atoms with Crippen molar-refractivity contribution in [1.82, 2.24) is 0 Å². The third-order valence-corrected chi connectivity index (χ3v) is 2.83. The van der Waals surface area contributed by atoms with Crippen LogP contribution >= 0.6 is 11.6 Å². The van der Waals surface area contributed by atoms with Crippen molar-refractivity contribution in [2.75, 3.05) is 18.0 Å². The topological polar surface area (TPSA) is 23.5 Å². The second-order valence-electron chi connectivity index (χ2n) is 3.71. The minimum atomic E-state index is -0.485. The van der Waals surface area contributed by atoms with E-state index >= 15 is 0 Å². The second-order valence-corrected chi connectivity index (χ2v) is 4.12. The molecule has 2 nitrogen and oxygen atoms in total. The lowest BCUT2D eigenvalue weighted by Gasteiger charge is -2.23. The molecule has 1 unspecified atom stereocenters. The number of halogens is 1. The normalized spacial score (nSPS) is 12.2. The molecule has 0 aromatic heterocycles. The van der Waals surface area contributed by atoms with Gasteiger partial charge in [-0.2, -0.15) is 0 Å². The van der Waals surface area contributed by atoms with E-state index in [0.717, 1.165) is 24.3 Å². The van der Waals surface area contributed by atoms with Crippen molar-refractivity contribution in [3.63, 3.8) is 0 Å². The standard InChI is InChI=1S/C13H18ClNO/c1-4-8-15(5-2)13-7-6-11(10(3)16)9-12(13)14/h4,6-7,9-10,16H,1,5,8H2,2-3H3. The summed E-state index contributed by atoms with van der Waals surface area (Å²) in [5.74, 6) is 0. The monoisotopic (exact) mass is 239 g/mol. The molecule has 0 aliphatic carbocycles. The molecule has 88 valence electrons. The molecule has 1 aromatic carbocycles. The number of nitrogens with zero attached hydrogens (tertiary/aromatic N) is 1. The van der Waals surface area contributed by atoms with Crippen LogP contribution in [0, 0.1) is 0 Å². The van der Waals surface area contributed by atoms with Crippen LogP contribution in [0.4, 0.5) is 5.69 Å². The summed E-state index contributed by atoms with van der Waals surface area (Å²) in [5, 5.41) is 10.1. The van der Waals surface area contributed by atoms with E-state index in [1.807, 2.05) is 24.3 Å². The summed E-state index contributed by atoms with van der Waals surface area (Å²) in [6, 6.07) is 5.66. The summed E-state index contributed by atoms with van der Waals surface area (Å²) in [4.78, 5) is 2.13. The van der Waals surface area contributed by atoms with Gasteiger partial charge in [-0.25, -0.2) is 0 Å². The summed E-state index contributed by atoms with van der Waals surface area (Å²) in [6.45, 7) is 9.17. The minimum Gasteiger partial charge on any atom is -0.389 e. The molecule has 0 aliphatic heterocycles. The van der Waals surface area contributed by atoms with Crippen LogP contribution in [-0.4, -0.2) is 18.2 Å². The maximum absolute atomic E-state index is 9.45. The molecule has 3 heteroatoms. The van der Waals surface area contributed by atoms with Crippen LogP contribution in [0.5, 0.6) is 0 Å². The molecule has 0 bridgehead atoms. The molecule has 0 aliphatic rings. The van der Waals surface area contributed by atoms with E-state index in [1.165, 1.54) is 0 Å². The van der Waals surface area contributed by atoms with Gasteiger partial charge in [-0.15, -0.1) is 6.58 Å². The Morgan fingerprint density at radius 3 is 2.69 bits per heavy atom. The summed E-state index contributed by atoms with van der Waals surface area (Å²) < 4.78 is 0. The van der Waals surface area contributed by atoms with E-state index in [1.54, 1.807) is 6.92 Å². The Morgan fingerprint density at radius 1 is 1.56 bits per heavy atom. The third-order valence-electron chi connectivity index (χ3n) is 2.53. The van der Waals surface area contributed by atoms with Crippen LogP contribution < -0.4 is 4.90 Å². The van der Waals surface area contributed by atoms with Crippen molar-refractivity contribution >= 4 is 17.3 Å². The van der Waals surface area contributed by atoms with Gasteiger partial charge in [0.15, 0.2) is 0 Å². The first kappa shape index (κ1) is 13.1. The Bertz CT molecular complexity index is 363. The van der Waals surface area contributed by atoms with Gasteiger partial charge in [-0.1, -0.05) is 23.7 Å². The van der Waals surface area contributed by atoms with Crippen molar-refractivity contribution in [1.29, 1.82) is 0 Å². The summed E-state index contributed by atoms with van der Waals surface area (Å²) >= 11 is 6.20. The first-order valence-electron chi connectivity index (χ1n) is 5.43. The van der Waals surface area contributed by atoms with Crippen LogP contribution in [-0.2, 0) is 0 Å². The van der Waals surface area contributed by atoms with Gasteiger partial charge < -0.3 is 10.0 Å². The van der Waals surface area contributed by atoms with E-state index < -0.39 is 6.10 Å². The second kappa shape index (κ2) is 5.92. The Labute approximate surface area is 102 Å². The molecule has 1 rings (SSSR count). The molecule has 0 radical (unpaired) electrons. The van der Waals surface area contributed by atoms with Crippen LogP contribution in [0.3, 0.4) is 0 Å². The Kier molecular flexibility index (Phi) is 4.84. The fraction of sp³-hybridized carbons (Fsp3) is 0.385. The van der Waals surface area contributed by atoms with E-state index in [9.17, 15) is 5.11 Å². The van der Waals surface area contributed by atoms with Crippen molar-refractivity contribution in [2.24, 2.45) is 0 Å². The highest BCUT2D eigenvalue weighted by atomic mass is 35.5. The van der Waals surface area contributed by atoms with Crippen molar-refractivity contribution in [2.45, 2.75) is 20.0 Å². The summed E-state index contributed by atoms with van der Waals surface area (Å²) in [6.07, 6.45) is 1.36. The van der Waals surface area contributed by atoms with Crippen LogP contribution in [0.2, 0.25) is 5.02 Å². The maximum Gasteiger partial charge on any atom is 0.0762 e. The molecule has 0 spiro atoms. The van der Waals surface area contributed by atoms with Gasteiger partial charge in [0.25, 0.3) is 0 Å². The maximum atomic E-state index is 9.45. The fourth-order valence-electron chi connectivity index (χ4n) is 1.59. The predicted molar refractivity (Wildman–Crippen MR) is 70.2 cm³/mol. The van der Waals surface area contributed by atoms with E-state index in [0.29, 0.717) is 5.02 Å². The number of aliphatic hydroxyl groups is 1. The first-order valence-corrected chi connectivity index (χ1v) is 5.81. The van der Waals surface area contributed by atoms with Gasteiger partial charge in [-0.05, 0) is 31.5 Å². The van der Waals surface area contributed by atoms with Crippen molar-refractivity contribution in [3.8, 4) is 0 Å². The van der Waals surface area contributed by atoms with Gasteiger partial charge in [0, 0.05) is 13.1 Å². The lowest BCUT2D eigenvalue weighted by Crippen LogP contribution is -2.22. The highest BCUT2D eigenvalue weighted by Gasteiger charge is 2.09. The lowest BCUT2D eigenvalue weighted by molar-refractivity contribution is 0.199. The van der Waals surface area contributed by atoms with Gasteiger partial charge in [0.2, 0.25) is 0 Å². The number of anilines is 1. The molecule has 1 atom stereocenters. The lowest BCUT2D eigenvalue weighted by atomic mass is 10.1. The predicted octanol–water partition coefficient (Wildman–Crippen LogP) is 3.41. The average molecular weight is 240 g/mol. The molecule has 0 saturated heterocycles. The average Bonchev–Trinajstić information content (AvgIpc) is 2.26. The van der Waals surface area contributed by atoms with Crippen molar-refractivity contribution in [3.05, 3.63) is 41.4 Å². The zero-order valence-corrected chi connectivity index (χ0v) is 10.5. The SMILES string of the molecule is C=CCN(CC)c1ccc(C(C)O)cc1Cl. The number of rotatable bonds is 5. The fourth-order valence-corrected chi connectivity index (χ4v) is 1.90. The number of likely N-dealkylation sites (N-methyl/N-ethyl adjacent to an activating group) is 1. The van der Waals surface area contributed by atoms with Crippen LogP contribution in [0.15, 0.2) is 30.9 Å². The van der Waals surface area contributed by atoms with Gasteiger partial charge >= 0.3 is 0 Å². The Morgan fingerprint density at radius 2 is 2.25 bits per heavy atom. The van der Waals surface area contributed by atoms with Gasteiger partial charge in [-0.3, -0.25) is 0 Å². The quantitative estimate of drug-likeness (QED) is 0.796. The van der Waals surface area contributed by atoms with Gasteiger partial charge in [0.05, 0.1) is 16.8 Å². The van der Waals surface area contributed by atoms with Crippen LogP contribution in [0.1, 0.15) is 25.5 Å². The van der Waals surface area contributed by atoms with Crippen molar-refractivity contribution < 1.29 is 5.11 Å². The largest absolute Gasteiger partial charge is 0.389 e. The van der Waals surface area contributed by atoms with E-state index in [-0.39, 0.29) is 0 Å². The molecule has 16 heavy (non-hydrogen) atoms. The number of benzene rings is 1. The Hall–Kier alpha value is -0.990. The molecule has 0 heterocycles. The first-order chi connectivity index (χ1) is 7.60. The van der Waals surface area contributed by atoms with E-state index in [4.69, 9.17) is 11.6 Å². The molecular weight excluding hydrogens is 222 g/mol. The number of aliphatic hydroxyl groups excluding tert-OH is 1. The minimum absolute atomic E-state index is 0.485. The summed E-state index contributed by atoms with van der Waals surface area (Å²) in [7, 11) is 0. The Balaban J connectivity index is 3.01. The number of hydrogen-bond acceptors (Lipinski definition) is 2. The molecule has 0 amide bonds. The van der Waals surface area contributed by atoms with Gasteiger partial charge in [0.1, 0.15) is 0 Å². The molecule has 1 N–H and O–H groups in total. The number of hydrogen-bond donors (Lipinski definition) is 1. The zero-order chi connectivity index (χ0) is 12.1. The highest BCUT2D eigenvalue weighted by molar-refractivity contribution is 6.33. The smallest absolute Gasteiger partial charge is 0.0762 e.